The fourth-order valence-corrected chi connectivity index (χ4v) is 2.09. The molecule has 1 aliphatic rings. The van der Waals surface area contributed by atoms with Crippen molar-refractivity contribution in [3.63, 3.8) is 0 Å². The van der Waals surface area contributed by atoms with Crippen molar-refractivity contribution >= 4 is 0 Å². The summed E-state index contributed by atoms with van der Waals surface area (Å²) in [5, 5.41) is 0. The van der Waals surface area contributed by atoms with Crippen LogP contribution in [0.2, 0.25) is 0 Å². The van der Waals surface area contributed by atoms with Gasteiger partial charge in [-0.05, 0) is 12.0 Å². The Bertz CT molecular complexity index is 368. The third-order valence-electron chi connectivity index (χ3n) is 2.95. The number of para-hydroxylation sites is 1. The van der Waals surface area contributed by atoms with Gasteiger partial charge < -0.3 is 9.47 Å². The van der Waals surface area contributed by atoms with Gasteiger partial charge in [0.15, 0.2) is 0 Å². The Morgan fingerprint density at radius 2 is 2.41 bits per heavy atom. The van der Waals surface area contributed by atoms with Crippen LogP contribution in [0.4, 0.5) is 0 Å². The van der Waals surface area contributed by atoms with Crippen molar-refractivity contribution in [2.75, 3.05) is 19.8 Å². The van der Waals surface area contributed by atoms with E-state index in [0.717, 1.165) is 37.4 Å². The van der Waals surface area contributed by atoms with Crippen molar-refractivity contribution < 1.29 is 9.47 Å². The van der Waals surface area contributed by atoms with E-state index in [-0.39, 0.29) is 6.04 Å². The smallest absolute Gasteiger partial charge is 0.127 e. The molecule has 4 heteroatoms. The second-order valence-corrected chi connectivity index (χ2v) is 4.23. The standard InChI is InChI=1S/C13H20N2O2/c1-2-7-16-9-12(15-14)11-5-3-4-10-6-8-17-13(10)11/h3-5,12,15H,2,6-9,14H2,1H3. The molecular weight excluding hydrogens is 216 g/mol. The molecule has 4 nitrogen and oxygen atoms in total. The highest BCUT2D eigenvalue weighted by Crippen LogP contribution is 2.33. The molecular formula is C13H20N2O2. The molecule has 0 amide bonds. The maximum absolute atomic E-state index is 5.67. The van der Waals surface area contributed by atoms with Crippen molar-refractivity contribution in [1.29, 1.82) is 0 Å². The van der Waals surface area contributed by atoms with Gasteiger partial charge in [0.25, 0.3) is 0 Å². The lowest BCUT2D eigenvalue weighted by molar-refractivity contribution is 0.111. The molecule has 0 saturated heterocycles. The third-order valence-corrected chi connectivity index (χ3v) is 2.95. The Balaban J connectivity index is 2.11. The molecule has 0 bridgehead atoms. The molecule has 1 aromatic carbocycles. The molecule has 2 rings (SSSR count). The van der Waals surface area contributed by atoms with Gasteiger partial charge in [0.2, 0.25) is 0 Å². The van der Waals surface area contributed by atoms with Crippen LogP contribution in [0, 0.1) is 0 Å². The number of hydrazine groups is 1. The van der Waals surface area contributed by atoms with Gasteiger partial charge in [-0.25, -0.2) is 0 Å². The predicted molar refractivity (Wildman–Crippen MR) is 66.8 cm³/mol. The minimum Gasteiger partial charge on any atom is -0.493 e. The number of rotatable bonds is 6. The van der Waals surface area contributed by atoms with E-state index < -0.39 is 0 Å². The predicted octanol–water partition coefficient (Wildman–Crippen LogP) is 1.55. The van der Waals surface area contributed by atoms with Gasteiger partial charge in [-0.3, -0.25) is 11.3 Å². The van der Waals surface area contributed by atoms with Crippen LogP contribution in [-0.2, 0) is 11.2 Å². The molecule has 0 spiro atoms. The summed E-state index contributed by atoms with van der Waals surface area (Å²) >= 11 is 0. The maximum atomic E-state index is 5.67. The molecule has 0 aromatic heterocycles. The number of hydrogen-bond donors (Lipinski definition) is 2. The molecule has 1 heterocycles. The van der Waals surface area contributed by atoms with Gasteiger partial charge in [-0.15, -0.1) is 0 Å². The highest BCUT2D eigenvalue weighted by molar-refractivity contribution is 5.45. The molecule has 1 unspecified atom stereocenters. The van der Waals surface area contributed by atoms with E-state index in [4.69, 9.17) is 15.3 Å². The van der Waals surface area contributed by atoms with Gasteiger partial charge in [0.1, 0.15) is 5.75 Å². The second kappa shape index (κ2) is 6.00. The largest absolute Gasteiger partial charge is 0.493 e. The Kier molecular flexibility index (Phi) is 4.36. The van der Waals surface area contributed by atoms with Crippen LogP contribution in [0.25, 0.3) is 0 Å². The van der Waals surface area contributed by atoms with E-state index in [0.29, 0.717) is 6.61 Å². The summed E-state index contributed by atoms with van der Waals surface area (Å²) in [4.78, 5) is 0. The summed E-state index contributed by atoms with van der Waals surface area (Å²) < 4.78 is 11.2. The van der Waals surface area contributed by atoms with Crippen molar-refractivity contribution in [2.24, 2.45) is 5.84 Å². The quantitative estimate of drug-likeness (QED) is 0.447. The maximum Gasteiger partial charge on any atom is 0.127 e. The third kappa shape index (κ3) is 2.77. The molecule has 17 heavy (non-hydrogen) atoms. The fourth-order valence-electron chi connectivity index (χ4n) is 2.09. The summed E-state index contributed by atoms with van der Waals surface area (Å²) in [6.45, 7) is 4.19. The van der Waals surface area contributed by atoms with E-state index in [1.165, 1.54) is 5.56 Å². The summed E-state index contributed by atoms with van der Waals surface area (Å²) in [7, 11) is 0. The van der Waals surface area contributed by atoms with Crippen LogP contribution >= 0.6 is 0 Å². The SMILES string of the molecule is CCCOCC(NN)c1cccc2c1OCC2. The Hall–Kier alpha value is -1.10. The molecule has 1 aliphatic heterocycles. The minimum atomic E-state index is -0.00500. The van der Waals surface area contributed by atoms with Crippen molar-refractivity contribution in [3.8, 4) is 5.75 Å². The lowest BCUT2D eigenvalue weighted by Crippen LogP contribution is -2.31. The van der Waals surface area contributed by atoms with Crippen LogP contribution in [0.15, 0.2) is 18.2 Å². The number of fused-ring (bicyclic) bond motifs is 1. The number of ether oxygens (including phenoxy) is 2. The Morgan fingerprint density at radius 1 is 1.53 bits per heavy atom. The van der Waals surface area contributed by atoms with E-state index in [2.05, 4.69) is 18.4 Å². The summed E-state index contributed by atoms with van der Waals surface area (Å²) in [6, 6.07) is 6.19. The lowest BCUT2D eigenvalue weighted by atomic mass is 10.0. The van der Waals surface area contributed by atoms with Crippen molar-refractivity contribution in [2.45, 2.75) is 25.8 Å². The molecule has 1 aromatic rings. The highest BCUT2D eigenvalue weighted by atomic mass is 16.5. The molecule has 0 fully saturated rings. The fraction of sp³-hybridized carbons (Fsp3) is 0.538. The first-order chi connectivity index (χ1) is 8.36. The lowest BCUT2D eigenvalue weighted by Gasteiger charge is -2.18. The molecule has 94 valence electrons. The number of hydrogen-bond acceptors (Lipinski definition) is 4. The van der Waals surface area contributed by atoms with Gasteiger partial charge in [0, 0.05) is 18.6 Å². The minimum absolute atomic E-state index is 0.00500. The average molecular weight is 236 g/mol. The zero-order chi connectivity index (χ0) is 12.1. The zero-order valence-corrected chi connectivity index (χ0v) is 10.2. The number of nitrogens with two attached hydrogens (primary N) is 1. The summed E-state index contributed by atoms with van der Waals surface area (Å²) in [6.07, 6.45) is 2.00. The van der Waals surface area contributed by atoms with Crippen LogP contribution < -0.4 is 16.0 Å². The topological polar surface area (TPSA) is 56.5 Å². The first-order valence-corrected chi connectivity index (χ1v) is 6.15. The summed E-state index contributed by atoms with van der Waals surface area (Å²) in [5.74, 6) is 6.58. The Labute approximate surface area is 102 Å². The van der Waals surface area contributed by atoms with Crippen molar-refractivity contribution in [1.82, 2.24) is 5.43 Å². The monoisotopic (exact) mass is 236 g/mol. The Morgan fingerprint density at radius 3 is 3.18 bits per heavy atom. The number of benzene rings is 1. The number of nitrogens with one attached hydrogen (secondary N) is 1. The highest BCUT2D eigenvalue weighted by Gasteiger charge is 2.21. The normalized spacial score (nSPS) is 15.4. The van der Waals surface area contributed by atoms with Crippen LogP contribution in [0.3, 0.4) is 0 Å². The van der Waals surface area contributed by atoms with Gasteiger partial charge >= 0.3 is 0 Å². The van der Waals surface area contributed by atoms with Crippen LogP contribution in [-0.4, -0.2) is 19.8 Å². The summed E-state index contributed by atoms with van der Waals surface area (Å²) in [5.41, 5.74) is 5.16. The van der Waals surface area contributed by atoms with E-state index in [1.54, 1.807) is 0 Å². The zero-order valence-electron chi connectivity index (χ0n) is 10.2. The van der Waals surface area contributed by atoms with Crippen LogP contribution in [0.1, 0.15) is 30.5 Å². The molecule has 1 atom stereocenters. The molecule has 3 N–H and O–H groups in total. The molecule has 0 radical (unpaired) electrons. The van der Waals surface area contributed by atoms with Gasteiger partial charge in [-0.2, -0.15) is 0 Å². The average Bonchev–Trinajstić information content (AvgIpc) is 2.83. The van der Waals surface area contributed by atoms with E-state index >= 15 is 0 Å². The molecule has 0 saturated carbocycles. The second-order valence-electron chi connectivity index (χ2n) is 4.23. The van der Waals surface area contributed by atoms with Gasteiger partial charge in [0.05, 0.1) is 19.3 Å². The molecule has 0 aliphatic carbocycles. The first-order valence-electron chi connectivity index (χ1n) is 6.15. The van der Waals surface area contributed by atoms with E-state index in [9.17, 15) is 0 Å². The van der Waals surface area contributed by atoms with E-state index in [1.807, 2.05) is 12.1 Å². The van der Waals surface area contributed by atoms with Gasteiger partial charge in [-0.1, -0.05) is 25.1 Å². The van der Waals surface area contributed by atoms with Crippen molar-refractivity contribution in [3.05, 3.63) is 29.3 Å². The first kappa shape index (κ1) is 12.4. The van der Waals surface area contributed by atoms with Crippen LogP contribution in [0.5, 0.6) is 5.75 Å².